The average molecular weight is 248 g/mol. The summed E-state index contributed by atoms with van der Waals surface area (Å²) in [5.41, 5.74) is -0.736. The third-order valence-corrected chi connectivity index (χ3v) is 2.36. The Hall–Kier alpha value is -1.30. The fraction of sp³-hybridized carbons (Fsp3) is 0.545. The minimum Gasteiger partial charge on any atom is -0.396 e. The number of halogens is 3. The monoisotopic (exact) mass is 248 g/mol. The molecule has 0 radical (unpaired) electrons. The first-order valence-corrected chi connectivity index (χ1v) is 5.38. The molecule has 17 heavy (non-hydrogen) atoms. The number of aromatic nitrogens is 1. The van der Waals surface area contributed by atoms with Crippen molar-refractivity contribution in [1.29, 1.82) is 0 Å². The molecule has 0 aliphatic carbocycles. The van der Waals surface area contributed by atoms with Crippen molar-refractivity contribution in [3.05, 3.63) is 23.9 Å². The van der Waals surface area contributed by atoms with E-state index in [4.69, 9.17) is 5.11 Å². The summed E-state index contributed by atoms with van der Waals surface area (Å²) in [4.78, 5) is 5.31. The Labute approximate surface area is 97.9 Å². The minimum atomic E-state index is -4.41. The number of aliphatic hydroxyl groups excluding tert-OH is 1. The lowest BCUT2D eigenvalue weighted by atomic mass is 10.2. The molecule has 0 atom stereocenters. The molecule has 0 bridgehead atoms. The molecule has 3 nitrogen and oxygen atoms in total. The van der Waals surface area contributed by atoms with Crippen LogP contribution < -0.4 is 4.90 Å². The SMILES string of the molecule is CCN(CCCO)c1ncccc1C(F)(F)F. The van der Waals surface area contributed by atoms with Gasteiger partial charge in [0.1, 0.15) is 5.82 Å². The van der Waals surface area contributed by atoms with Gasteiger partial charge in [-0.3, -0.25) is 0 Å². The van der Waals surface area contributed by atoms with Crippen LogP contribution in [0.3, 0.4) is 0 Å². The first-order chi connectivity index (χ1) is 8.00. The van der Waals surface area contributed by atoms with Gasteiger partial charge < -0.3 is 10.0 Å². The zero-order valence-electron chi connectivity index (χ0n) is 9.54. The number of nitrogens with zero attached hydrogens (tertiary/aromatic N) is 2. The van der Waals surface area contributed by atoms with E-state index in [2.05, 4.69) is 4.98 Å². The van der Waals surface area contributed by atoms with Gasteiger partial charge in [-0.15, -0.1) is 0 Å². The van der Waals surface area contributed by atoms with Gasteiger partial charge in [-0.2, -0.15) is 13.2 Å². The number of alkyl halides is 3. The fourth-order valence-corrected chi connectivity index (χ4v) is 1.55. The van der Waals surface area contributed by atoms with Crippen LogP contribution in [0.5, 0.6) is 0 Å². The molecule has 0 aromatic carbocycles. The molecule has 96 valence electrons. The Kier molecular flexibility index (Phi) is 4.74. The van der Waals surface area contributed by atoms with Crippen molar-refractivity contribution in [2.45, 2.75) is 19.5 Å². The van der Waals surface area contributed by atoms with E-state index in [0.29, 0.717) is 19.5 Å². The summed E-state index contributed by atoms with van der Waals surface area (Å²) < 4.78 is 38.3. The second-order valence-electron chi connectivity index (χ2n) is 3.53. The number of rotatable bonds is 5. The molecule has 1 rings (SSSR count). The Morgan fingerprint density at radius 2 is 2.12 bits per heavy atom. The second-order valence-corrected chi connectivity index (χ2v) is 3.53. The van der Waals surface area contributed by atoms with Gasteiger partial charge in [0.2, 0.25) is 0 Å². The Bertz CT molecular complexity index is 355. The summed E-state index contributed by atoms with van der Waals surface area (Å²) in [6.07, 6.45) is -2.65. The normalized spacial score (nSPS) is 11.6. The minimum absolute atomic E-state index is 0.0509. The molecule has 0 aliphatic heterocycles. The van der Waals surface area contributed by atoms with Gasteiger partial charge >= 0.3 is 6.18 Å². The Balaban J connectivity index is 3.02. The van der Waals surface area contributed by atoms with Crippen molar-refractivity contribution < 1.29 is 18.3 Å². The highest BCUT2D eigenvalue weighted by Crippen LogP contribution is 2.34. The highest BCUT2D eigenvalue weighted by Gasteiger charge is 2.35. The molecule has 1 aromatic heterocycles. The lowest BCUT2D eigenvalue weighted by Crippen LogP contribution is -2.28. The van der Waals surface area contributed by atoms with E-state index < -0.39 is 11.7 Å². The largest absolute Gasteiger partial charge is 0.419 e. The molecule has 0 saturated carbocycles. The van der Waals surface area contributed by atoms with Crippen LogP contribution in [0.25, 0.3) is 0 Å². The molecule has 1 N–H and O–H groups in total. The second kappa shape index (κ2) is 5.86. The molecule has 6 heteroatoms. The van der Waals surface area contributed by atoms with E-state index in [1.54, 1.807) is 6.92 Å². The van der Waals surface area contributed by atoms with Crippen LogP contribution in [-0.2, 0) is 6.18 Å². The molecule has 0 aliphatic rings. The first-order valence-electron chi connectivity index (χ1n) is 5.38. The highest BCUT2D eigenvalue weighted by molar-refractivity contribution is 5.48. The van der Waals surface area contributed by atoms with Crippen LogP contribution in [0.1, 0.15) is 18.9 Å². The predicted molar refractivity (Wildman–Crippen MR) is 58.8 cm³/mol. The Morgan fingerprint density at radius 1 is 1.41 bits per heavy atom. The average Bonchev–Trinajstić information content (AvgIpc) is 2.29. The molecule has 1 heterocycles. The summed E-state index contributed by atoms with van der Waals surface area (Å²) >= 11 is 0. The molecular weight excluding hydrogens is 233 g/mol. The third kappa shape index (κ3) is 3.59. The Morgan fingerprint density at radius 3 is 2.65 bits per heavy atom. The highest BCUT2D eigenvalue weighted by atomic mass is 19.4. The quantitative estimate of drug-likeness (QED) is 0.868. The van der Waals surface area contributed by atoms with Crippen LogP contribution in [-0.4, -0.2) is 29.8 Å². The van der Waals surface area contributed by atoms with Gasteiger partial charge in [0.05, 0.1) is 5.56 Å². The van der Waals surface area contributed by atoms with E-state index in [-0.39, 0.29) is 12.4 Å². The molecular formula is C11H15F3N2O. The van der Waals surface area contributed by atoms with E-state index in [1.807, 2.05) is 0 Å². The summed E-state index contributed by atoms with van der Waals surface area (Å²) in [6, 6.07) is 2.29. The van der Waals surface area contributed by atoms with E-state index in [0.717, 1.165) is 6.07 Å². The van der Waals surface area contributed by atoms with Crippen molar-refractivity contribution in [2.24, 2.45) is 0 Å². The lowest BCUT2D eigenvalue weighted by molar-refractivity contribution is -0.137. The van der Waals surface area contributed by atoms with Gasteiger partial charge in [0.25, 0.3) is 0 Å². The molecule has 0 unspecified atom stereocenters. The molecule has 0 fully saturated rings. The van der Waals surface area contributed by atoms with Gasteiger partial charge in [-0.05, 0) is 25.5 Å². The summed E-state index contributed by atoms with van der Waals surface area (Å²) in [5, 5.41) is 8.72. The molecule has 0 saturated heterocycles. The van der Waals surface area contributed by atoms with E-state index >= 15 is 0 Å². The standard InChI is InChI=1S/C11H15F3N2O/c1-2-16(7-4-8-17)10-9(11(12,13)14)5-3-6-15-10/h3,5-6,17H,2,4,7-8H2,1H3. The number of hydrogen-bond donors (Lipinski definition) is 1. The topological polar surface area (TPSA) is 36.4 Å². The molecule has 0 amide bonds. The molecule has 0 spiro atoms. The maximum absolute atomic E-state index is 12.8. The van der Waals surface area contributed by atoms with Crippen molar-refractivity contribution >= 4 is 5.82 Å². The summed E-state index contributed by atoms with van der Waals surface area (Å²) in [5.74, 6) is -0.0732. The van der Waals surface area contributed by atoms with Crippen molar-refractivity contribution in [3.8, 4) is 0 Å². The number of hydrogen-bond acceptors (Lipinski definition) is 3. The fourth-order valence-electron chi connectivity index (χ4n) is 1.55. The van der Waals surface area contributed by atoms with Gasteiger partial charge in [-0.1, -0.05) is 0 Å². The maximum atomic E-state index is 12.8. The van der Waals surface area contributed by atoms with E-state index in [1.165, 1.54) is 17.2 Å². The van der Waals surface area contributed by atoms with Gasteiger partial charge in [0.15, 0.2) is 0 Å². The third-order valence-electron chi connectivity index (χ3n) is 2.36. The van der Waals surface area contributed by atoms with Crippen LogP contribution >= 0.6 is 0 Å². The number of aliphatic hydroxyl groups is 1. The van der Waals surface area contributed by atoms with Crippen molar-refractivity contribution in [3.63, 3.8) is 0 Å². The lowest BCUT2D eigenvalue weighted by Gasteiger charge is -2.24. The smallest absolute Gasteiger partial charge is 0.396 e. The van der Waals surface area contributed by atoms with Crippen LogP contribution in [0.2, 0.25) is 0 Å². The maximum Gasteiger partial charge on any atom is 0.419 e. The predicted octanol–water partition coefficient (Wildman–Crippen LogP) is 2.31. The summed E-state index contributed by atoms with van der Waals surface area (Å²) in [6.45, 7) is 2.48. The van der Waals surface area contributed by atoms with Gasteiger partial charge in [-0.25, -0.2) is 4.98 Å². The zero-order chi connectivity index (χ0) is 12.9. The van der Waals surface area contributed by atoms with Crippen molar-refractivity contribution in [1.82, 2.24) is 4.98 Å². The van der Waals surface area contributed by atoms with Crippen LogP contribution in [0.15, 0.2) is 18.3 Å². The van der Waals surface area contributed by atoms with Gasteiger partial charge in [0, 0.05) is 25.9 Å². The number of pyridine rings is 1. The number of anilines is 1. The molecule has 1 aromatic rings. The van der Waals surface area contributed by atoms with Crippen LogP contribution in [0.4, 0.5) is 19.0 Å². The zero-order valence-corrected chi connectivity index (χ0v) is 9.54. The van der Waals surface area contributed by atoms with Crippen LogP contribution in [0, 0.1) is 0 Å². The van der Waals surface area contributed by atoms with Crippen molar-refractivity contribution in [2.75, 3.05) is 24.6 Å². The first kappa shape index (κ1) is 13.8. The van der Waals surface area contributed by atoms with E-state index in [9.17, 15) is 13.2 Å². The summed E-state index contributed by atoms with van der Waals surface area (Å²) in [7, 11) is 0.